The zero-order valence-electron chi connectivity index (χ0n) is 11.9. The van der Waals surface area contributed by atoms with Crippen molar-refractivity contribution >= 4 is 11.6 Å². The van der Waals surface area contributed by atoms with Crippen molar-refractivity contribution in [1.82, 2.24) is 5.32 Å². The van der Waals surface area contributed by atoms with Gasteiger partial charge in [-0.2, -0.15) is 0 Å². The summed E-state index contributed by atoms with van der Waals surface area (Å²) in [5, 5.41) is 6.36. The summed E-state index contributed by atoms with van der Waals surface area (Å²) in [5.74, 6) is 0.729. The number of para-hydroxylation sites is 1. The van der Waals surface area contributed by atoms with Gasteiger partial charge in [0, 0.05) is 11.7 Å². The maximum absolute atomic E-state index is 11.9. The molecular formula is C16H24N2O. The lowest BCUT2D eigenvalue weighted by Crippen LogP contribution is -2.41. The number of amides is 1. The first-order chi connectivity index (χ1) is 9.16. The van der Waals surface area contributed by atoms with Crippen LogP contribution in [0.15, 0.2) is 24.3 Å². The molecule has 2 N–H and O–H groups in total. The minimum absolute atomic E-state index is 0.0482. The van der Waals surface area contributed by atoms with Gasteiger partial charge in [0.1, 0.15) is 0 Å². The molecule has 0 saturated heterocycles. The van der Waals surface area contributed by atoms with E-state index in [9.17, 15) is 4.79 Å². The van der Waals surface area contributed by atoms with Crippen molar-refractivity contribution in [3.63, 3.8) is 0 Å². The molecule has 3 heteroatoms. The molecule has 19 heavy (non-hydrogen) atoms. The Bertz CT molecular complexity index is 431. The number of hydrogen-bond acceptors (Lipinski definition) is 2. The molecule has 1 aromatic rings. The molecule has 0 bridgehead atoms. The number of carbonyl (C=O) groups excluding carboxylic acids is 1. The van der Waals surface area contributed by atoms with Gasteiger partial charge in [-0.05, 0) is 37.3 Å². The Balaban J connectivity index is 1.80. The van der Waals surface area contributed by atoms with Gasteiger partial charge >= 0.3 is 0 Å². The number of benzene rings is 1. The summed E-state index contributed by atoms with van der Waals surface area (Å²) in [7, 11) is 0. The van der Waals surface area contributed by atoms with Crippen LogP contribution in [0.1, 0.15) is 38.2 Å². The van der Waals surface area contributed by atoms with Crippen LogP contribution in [0.3, 0.4) is 0 Å². The highest BCUT2D eigenvalue weighted by molar-refractivity contribution is 5.92. The molecule has 1 amide bonds. The SMILES string of the molecule is Cc1ccccc1NC(=O)CNC1CCCCC1C. The van der Waals surface area contributed by atoms with Crippen LogP contribution in [-0.4, -0.2) is 18.5 Å². The van der Waals surface area contributed by atoms with Gasteiger partial charge < -0.3 is 10.6 Å². The zero-order chi connectivity index (χ0) is 13.7. The molecule has 1 aromatic carbocycles. The van der Waals surface area contributed by atoms with E-state index in [1.54, 1.807) is 0 Å². The van der Waals surface area contributed by atoms with Gasteiger partial charge in [0.15, 0.2) is 0 Å². The van der Waals surface area contributed by atoms with Crippen molar-refractivity contribution in [1.29, 1.82) is 0 Å². The Morgan fingerprint density at radius 3 is 2.74 bits per heavy atom. The second-order valence-corrected chi connectivity index (χ2v) is 5.61. The van der Waals surface area contributed by atoms with E-state index >= 15 is 0 Å². The predicted octanol–water partition coefficient (Wildman–Crippen LogP) is 3.10. The van der Waals surface area contributed by atoms with Gasteiger partial charge in [0.2, 0.25) is 5.91 Å². The van der Waals surface area contributed by atoms with Crippen molar-refractivity contribution in [3.8, 4) is 0 Å². The summed E-state index contributed by atoms with van der Waals surface area (Å²) in [4.78, 5) is 11.9. The van der Waals surface area contributed by atoms with Gasteiger partial charge in [0.05, 0.1) is 6.54 Å². The molecule has 3 nitrogen and oxygen atoms in total. The minimum atomic E-state index is 0.0482. The summed E-state index contributed by atoms with van der Waals surface area (Å²) in [6, 6.07) is 8.37. The third-order valence-electron chi connectivity index (χ3n) is 4.06. The Kier molecular flexibility index (Phi) is 4.97. The number of rotatable bonds is 4. The quantitative estimate of drug-likeness (QED) is 0.873. The molecule has 1 saturated carbocycles. The summed E-state index contributed by atoms with van der Waals surface area (Å²) < 4.78 is 0. The fourth-order valence-corrected chi connectivity index (χ4v) is 2.75. The van der Waals surface area contributed by atoms with Crippen molar-refractivity contribution < 1.29 is 4.79 Å². The van der Waals surface area contributed by atoms with Gasteiger partial charge in [-0.25, -0.2) is 0 Å². The van der Waals surface area contributed by atoms with E-state index in [4.69, 9.17) is 0 Å². The van der Waals surface area contributed by atoms with Crippen LogP contribution >= 0.6 is 0 Å². The molecule has 1 aliphatic rings. The molecule has 104 valence electrons. The predicted molar refractivity (Wildman–Crippen MR) is 79.2 cm³/mol. The fourth-order valence-electron chi connectivity index (χ4n) is 2.75. The van der Waals surface area contributed by atoms with Crippen molar-refractivity contribution in [2.75, 3.05) is 11.9 Å². The Hall–Kier alpha value is -1.35. The van der Waals surface area contributed by atoms with E-state index in [-0.39, 0.29) is 5.91 Å². The number of carbonyl (C=O) groups is 1. The van der Waals surface area contributed by atoms with E-state index in [2.05, 4.69) is 17.6 Å². The highest BCUT2D eigenvalue weighted by Crippen LogP contribution is 2.23. The second-order valence-electron chi connectivity index (χ2n) is 5.61. The van der Waals surface area contributed by atoms with Crippen LogP contribution in [0.25, 0.3) is 0 Å². The van der Waals surface area contributed by atoms with Gasteiger partial charge in [0.25, 0.3) is 0 Å². The molecule has 0 aliphatic heterocycles. The van der Waals surface area contributed by atoms with E-state index in [0.29, 0.717) is 18.5 Å². The minimum Gasteiger partial charge on any atom is -0.325 e. The second kappa shape index (κ2) is 6.71. The molecule has 0 radical (unpaired) electrons. The maximum atomic E-state index is 11.9. The van der Waals surface area contributed by atoms with E-state index in [1.807, 2.05) is 31.2 Å². The zero-order valence-corrected chi connectivity index (χ0v) is 11.9. The lowest BCUT2D eigenvalue weighted by molar-refractivity contribution is -0.115. The van der Waals surface area contributed by atoms with E-state index in [0.717, 1.165) is 11.3 Å². The lowest BCUT2D eigenvalue weighted by atomic mass is 9.86. The highest BCUT2D eigenvalue weighted by atomic mass is 16.1. The molecule has 0 aromatic heterocycles. The van der Waals surface area contributed by atoms with Gasteiger partial charge in [-0.1, -0.05) is 38.0 Å². The Labute approximate surface area is 115 Å². The molecular weight excluding hydrogens is 236 g/mol. The monoisotopic (exact) mass is 260 g/mol. The first kappa shape index (κ1) is 14.1. The average molecular weight is 260 g/mol. The summed E-state index contributed by atoms with van der Waals surface area (Å²) in [5.41, 5.74) is 2.01. The molecule has 0 heterocycles. The first-order valence-electron chi connectivity index (χ1n) is 7.25. The fraction of sp³-hybridized carbons (Fsp3) is 0.562. The molecule has 1 aliphatic carbocycles. The third kappa shape index (κ3) is 4.06. The molecule has 2 rings (SSSR count). The van der Waals surface area contributed by atoms with Crippen LogP contribution in [0.4, 0.5) is 5.69 Å². The Morgan fingerprint density at radius 1 is 1.26 bits per heavy atom. The van der Waals surface area contributed by atoms with Crippen molar-refractivity contribution in [2.45, 2.75) is 45.6 Å². The highest BCUT2D eigenvalue weighted by Gasteiger charge is 2.21. The topological polar surface area (TPSA) is 41.1 Å². The summed E-state index contributed by atoms with van der Waals surface area (Å²) in [6.07, 6.45) is 5.08. The van der Waals surface area contributed by atoms with Gasteiger partial charge in [-0.3, -0.25) is 4.79 Å². The largest absolute Gasteiger partial charge is 0.325 e. The standard InChI is InChI=1S/C16H24N2O/c1-12-7-3-5-9-14(12)17-11-16(19)18-15-10-6-4-8-13(15)2/h4,6,8,10,12,14,17H,3,5,7,9,11H2,1-2H3,(H,18,19). The molecule has 1 fully saturated rings. The average Bonchev–Trinajstić information content (AvgIpc) is 2.40. The molecule has 2 atom stereocenters. The molecule has 2 unspecified atom stereocenters. The number of anilines is 1. The number of aryl methyl sites for hydroxylation is 1. The smallest absolute Gasteiger partial charge is 0.238 e. The van der Waals surface area contributed by atoms with Gasteiger partial charge in [-0.15, -0.1) is 0 Å². The Morgan fingerprint density at radius 2 is 2.00 bits per heavy atom. The van der Waals surface area contributed by atoms with Crippen LogP contribution in [0.5, 0.6) is 0 Å². The lowest BCUT2D eigenvalue weighted by Gasteiger charge is -2.29. The van der Waals surface area contributed by atoms with Crippen LogP contribution in [0, 0.1) is 12.8 Å². The van der Waals surface area contributed by atoms with E-state index < -0.39 is 0 Å². The number of hydrogen-bond donors (Lipinski definition) is 2. The summed E-state index contributed by atoms with van der Waals surface area (Å²) >= 11 is 0. The van der Waals surface area contributed by atoms with Crippen LogP contribution in [-0.2, 0) is 4.79 Å². The summed E-state index contributed by atoms with van der Waals surface area (Å²) in [6.45, 7) is 4.69. The molecule has 0 spiro atoms. The van der Waals surface area contributed by atoms with Crippen molar-refractivity contribution in [2.24, 2.45) is 5.92 Å². The van der Waals surface area contributed by atoms with Crippen molar-refractivity contribution in [3.05, 3.63) is 29.8 Å². The maximum Gasteiger partial charge on any atom is 0.238 e. The van der Waals surface area contributed by atoms with Crippen LogP contribution < -0.4 is 10.6 Å². The van der Waals surface area contributed by atoms with Crippen LogP contribution in [0.2, 0.25) is 0 Å². The number of nitrogens with one attached hydrogen (secondary N) is 2. The first-order valence-corrected chi connectivity index (χ1v) is 7.25. The normalized spacial score (nSPS) is 23.1. The van der Waals surface area contributed by atoms with E-state index in [1.165, 1.54) is 25.7 Å². The third-order valence-corrected chi connectivity index (χ3v) is 4.06.